The average Bonchev–Trinajstić information content (AvgIpc) is 1.81. The van der Waals surface area contributed by atoms with Crippen molar-refractivity contribution >= 4 is 91.7 Å². The maximum Gasteiger partial charge on any atom is 0.321 e. The maximum atomic E-state index is 6.13. The summed E-state index contributed by atoms with van der Waals surface area (Å²) in [5.41, 5.74) is -5.46. The van der Waals surface area contributed by atoms with Gasteiger partial charge in [0.05, 0.1) is 14.2 Å². The Morgan fingerprint density at radius 2 is 0.643 bits per heavy atom. The minimum absolute atomic E-state index is 2.03. The molecule has 0 aliphatic rings. The number of hydrogen-bond acceptors (Lipinski definition) is 0. The van der Waals surface area contributed by atoms with Crippen molar-refractivity contribution in [2.75, 3.05) is 0 Å². The lowest BCUT2D eigenvalue weighted by Gasteiger charge is -2.44. The van der Waals surface area contributed by atoms with Crippen LogP contribution in [0, 0.1) is 0 Å². The zero-order chi connectivity index (χ0) is 12.0. The van der Waals surface area contributed by atoms with Crippen molar-refractivity contribution in [3.05, 3.63) is 0 Å². The first-order valence-electron chi connectivity index (χ1n) is 3.88. The molecule has 0 nitrogen and oxygen atoms in total. The Morgan fingerprint density at radius 3 is 0.714 bits per heavy atom. The van der Waals surface area contributed by atoms with Crippen LogP contribution in [0.1, 0.15) is 0 Å². The molecule has 0 rings (SSSR count). The Labute approximate surface area is 117 Å². The van der Waals surface area contributed by atoms with Gasteiger partial charge >= 0.3 is 11.0 Å². The monoisotopic (exact) mass is 382 g/mol. The lowest BCUT2D eigenvalue weighted by molar-refractivity contribution is 1.90. The minimum Gasteiger partial charge on any atom is -0.130 e. The number of rotatable bonds is 3. The second-order valence-electron chi connectivity index (χ2n) is 4.25. The normalized spacial score (nSPS) is 15.9. The van der Waals surface area contributed by atoms with Gasteiger partial charge in [0.25, 0.3) is 0 Å². The Bertz CT molecular complexity index is 191. The first-order chi connectivity index (χ1) is 5.75. The van der Waals surface area contributed by atoms with Gasteiger partial charge in [0.1, 0.15) is 0 Å². The summed E-state index contributed by atoms with van der Waals surface area (Å²) in [6.07, 6.45) is 0. The van der Waals surface area contributed by atoms with Crippen LogP contribution in [0.4, 0.5) is 0 Å². The van der Waals surface area contributed by atoms with Gasteiger partial charge in [-0.15, -0.1) is 66.5 Å². The van der Waals surface area contributed by atoms with Crippen LogP contribution >= 0.6 is 66.5 Å². The summed E-state index contributed by atoms with van der Waals surface area (Å²) in [7, 11) is -4.06. The molecule has 86 valence electrons. The van der Waals surface area contributed by atoms with Gasteiger partial charge in [-0.3, -0.25) is 0 Å². The molecule has 0 spiro atoms. The molecule has 0 atom stereocenters. The predicted molar refractivity (Wildman–Crippen MR) is 81.6 cm³/mol. The second-order valence-corrected chi connectivity index (χ2v) is 54.6. The molecule has 14 heavy (non-hydrogen) atoms. The van der Waals surface area contributed by atoms with Gasteiger partial charge in [0.15, 0.2) is 0 Å². The van der Waals surface area contributed by atoms with E-state index in [1.807, 2.05) is 26.2 Å². The van der Waals surface area contributed by atoms with Crippen molar-refractivity contribution in [2.24, 2.45) is 0 Å². The van der Waals surface area contributed by atoms with Crippen molar-refractivity contribution in [3.8, 4) is 0 Å². The van der Waals surface area contributed by atoms with Gasteiger partial charge in [-0.25, -0.2) is 0 Å². The number of hydrogen-bond donors (Lipinski definition) is 0. The fourth-order valence-corrected chi connectivity index (χ4v) is 80.4. The van der Waals surface area contributed by atoms with Crippen molar-refractivity contribution in [2.45, 2.75) is 26.2 Å². The van der Waals surface area contributed by atoms with Crippen LogP contribution in [0.2, 0.25) is 26.2 Å². The standard InChI is InChI=1S/C4H12Cl6Si4/c1-11(2,13(5,6)7)12(3,4)14(8,9)10/h1-4H3. The van der Waals surface area contributed by atoms with Crippen LogP contribution < -0.4 is 0 Å². The van der Waals surface area contributed by atoms with E-state index in [1.54, 1.807) is 0 Å². The molecule has 0 radical (unpaired) electrons. The van der Waals surface area contributed by atoms with E-state index in [-0.39, 0.29) is 0 Å². The fraction of sp³-hybridized carbons (Fsp3) is 1.00. The largest absolute Gasteiger partial charge is 0.321 e. The molecular weight excluding hydrogens is 373 g/mol. The molecule has 0 heterocycles. The molecule has 0 saturated heterocycles. The third-order valence-corrected chi connectivity index (χ3v) is 81.1. The van der Waals surface area contributed by atoms with Gasteiger partial charge in [-0.2, -0.15) is 0 Å². The quantitative estimate of drug-likeness (QED) is 0.477. The molecule has 0 saturated carbocycles. The third-order valence-electron chi connectivity index (χ3n) is 2.98. The molecule has 0 aliphatic heterocycles. The van der Waals surface area contributed by atoms with Crippen molar-refractivity contribution < 1.29 is 0 Å². The van der Waals surface area contributed by atoms with Crippen LogP contribution in [-0.4, -0.2) is 25.3 Å². The summed E-state index contributed by atoms with van der Waals surface area (Å²) in [6, 6.07) is 0. The summed E-state index contributed by atoms with van der Waals surface area (Å²) in [5.74, 6) is 0. The van der Waals surface area contributed by atoms with Crippen LogP contribution in [0.15, 0.2) is 0 Å². The summed E-state index contributed by atoms with van der Waals surface area (Å²) in [6.45, 7) is 8.20. The van der Waals surface area contributed by atoms with Gasteiger partial charge in [0, 0.05) is 0 Å². The minimum atomic E-state index is -2.73. The Hall–Kier alpha value is 2.61. The van der Waals surface area contributed by atoms with Gasteiger partial charge in [-0.05, 0) is 0 Å². The Kier molecular flexibility index (Phi) is 5.58. The maximum absolute atomic E-state index is 6.13. The highest BCUT2D eigenvalue weighted by atomic mass is 35.9. The van der Waals surface area contributed by atoms with Gasteiger partial charge in [-0.1, -0.05) is 26.2 Å². The molecule has 0 bridgehead atoms. The second kappa shape index (κ2) is 4.70. The highest BCUT2D eigenvalue weighted by Crippen LogP contribution is 2.44. The van der Waals surface area contributed by atoms with Crippen molar-refractivity contribution in [1.82, 2.24) is 0 Å². The molecular formula is C4H12Cl6Si4. The number of halogens is 6. The van der Waals surface area contributed by atoms with Gasteiger partial charge in [0.2, 0.25) is 0 Å². The summed E-state index contributed by atoms with van der Waals surface area (Å²) >= 11 is 36.8. The van der Waals surface area contributed by atoms with E-state index >= 15 is 0 Å². The zero-order valence-electron chi connectivity index (χ0n) is 8.27. The lowest BCUT2D eigenvalue weighted by atomic mass is 11.9. The van der Waals surface area contributed by atoms with E-state index in [1.165, 1.54) is 0 Å². The van der Waals surface area contributed by atoms with Crippen LogP contribution in [0.25, 0.3) is 0 Å². The topological polar surface area (TPSA) is 0 Å². The molecule has 10 heteroatoms. The summed E-state index contributed by atoms with van der Waals surface area (Å²) < 4.78 is 0. The predicted octanol–water partition coefficient (Wildman–Crippen LogP) is 4.95. The fourth-order valence-electron chi connectivity index (χ4n) is 0.709. The van der Waals surface area contributed by atoms with E-state index in [9.17, 15) is 0 Å². The first kappa shape index (κ1) is 16.6. The Morgan fingerprint density at radius 1 is 0.500 bits per heavy atom. The molecule has 0 unspecified atom stereocenters. The van der Waals surface area contributed by atoms with Crippen molar-refractivity contribution in [3.63, 3.8) is 0 Å². The highest BCUT2D eigenvalue weighted by molar-refractivity contribution is 8.11. The molecule has 0 aliphatic carbocycles. The van der Waals surface area contributed by atoms with E-state index < -0.39 is 25.3 Å². The SMILES string of the molecule is C[Si](C)([Si](Cl)(Cl)Cl)[Si](C)(C)[Si](Cl)(Cl)Cl. The molecule has 0 fully saturated rings. The van der Waals surface area contributed by atoms with E-state index in [0.717, 1.165) is 0 Å². The summed E-state index contributed by atoms with van der Waals surface area (Å²) in [4.78, 5) is 0. The molecule has 0 aromatic carbocycles. The first-order valence-corrected chi connectivity index (χ1v) is 23.0. The van der Waals surface area contributed by atoms with E-state index in [4.69, 9.17) is 66.5 Å². The molecule has 0 N–H and O–H groups in total. The smallest absolute Gasteiger partial charge is 0.130 e. The van der Waals surface area contributed by atoms with Crippen LogP contribution in [-0.2, 0) is 0 Å². The summed E-state index contributed by atoms with van der Waals surface area (Å²) in [5, 5.41) is 0. The lowest BCUT2D eigenvalue weighted by Crippen LogP contribution is -2.73. The zero-order valence-corrected chi connectivity index (χ0v) is 16.8. The Balaban J connectivity index is 5.30. The third kappa shape index (κ3) is 3.09. The van der Waals surface area contributed by atoms with Crippen molar-refractivity contribution in [1.29, 1.82) is 0 Å². The molecule has 0 amide bonds. The van der Waals surface area contributed by atoms with Crippen LogP contribution in [0.5, 0.6) is 0 Å². The van der Waals surface area contributed by atoms with Crippen LogP contribution in [0.3, 0.4) is 0 Å². The molecule has 0 aromatic heterocycles. The van der Waals surface area contributed by atoms with Gasteiger partial charge < -0.3 is 0 Å². The molecule has 0 aromatic rings. The van der Waals surface area contributed by atoms with E-state index in [2.05, 4.69) is 0 Å². The highest BCUT2D eigenvalue weighted by Gasteiger charge is 2.65. The van der Waals surface area contributed by atoms with E-state index in [0.29, 0.717) is 0 Å². The average molecular weight is 385 g/mol.